The van der Waals surface area contributed by atoms with Crippen LogP contribution in [0.1, 0.15) is 18.4 Å². The lowest BCUT2D eigenvalue weighted by Crippen LogP contribution is -2.20. The first kappa shape index (κ1) is 11.3. The van der Waals surface area contributed by atoms with Crippen molar-refractivity contribution in [2.75, 3.05) is 18.0 Å². The Morgan fingerprint density at radius 1 is 1.17 bits per heavy atom. The summed E-state index contributed by atoms with van der Waals surface area (Å²) in [5, 5.41) is 4.32. The molecule has 2 aromatic rings. The summed E-state index contributed by atoms with van der Waals surface area (Å²) >= 11 is 0. The Labute approximate surface area is 106 Å². The fourth-order valence-electron chi connectivity index (χ4n) is 2.45. The molecule has 3 nitrogen and oxygen atoms in total. The average Bonchev–Trinajstić information content (AvgIpc) is 2.99. The Morgan fingerprint density at radius 3 is 2.61 bits per heavy atom. The third-order valence-electron chi connectivity index (χ3n) is 3.34. The number of nitrogens with zero attached hydrogens (tertiary/aromatic N) is 3. The zero-order valence-corrected chi connectivity index (χ0v) is 10.4. The normalized spacial score (nSPS) is 15.3. The maximum absolute atomic E-state index is 13.5. The van der Waals surface area contributed by atoms with Crippen LogP contribution in [0.3, 0.4) is 0 Å². The van der Waals surface area contributed by atoms with E-state index in [1.807, 2.05) is 24.0 Å². The Hall–Kier alpha value is -1.84. The number of aryl methyl sites for hydroxylation is 1. The smallest absolute Gasteiger partial charge is 0.125 e. The molecule has 1 aromatic heterocycles. The Balaban J connectivity index is 2.07. The summed E-state index contributed by atoms with van der Waals surface area (Å²) in [6, 6.07) is 4.90. The summed E-state index contributed by atoms with van der Waals surface area (Å²) in [7, 11) is 0. The highest BCUT2D eigenvalue weighted by Gasteiger charge is 2.17. The van der Waals surface area contributed by atoms with Crippen LogP contribution >= 0.6 is 0 Å². The van der Waals surface area contributed by atoms with Crippen molar-refractivity contribution in [1.29, 1.82) is 0 Å². The topological polar surface area (TPSA) is 21.1 Å². The number of aromatic nitrogens is 2. The second-order valence-corrected chi connectivity index (χ2v) is 4.79. The number of halogens is 1. The van der Waals surface area contributed by atoms with Gasteiger partial charge in [0.2, 0.25) is 0 Å². The van der Waals surface area contributed by atoms with Crippen LogP contribution in [0.25, 0.3) is 5.69 Å². The predicted molar refractivity (Wildman–Crippen MR) is 69.7 cm³/mol. The molecule has 0 radical (unpaired) electrons. The molecule has 0 spiro atoms. The van der Waals surface area contributed by atoms with Crippen molar-refractivity contribution in [3.05, 3.63) is 42.0 Å². The first-order chi connectivity index (χ1) is 8.74. The van der Waals surface area contributed by atoms with Crippen molar-refractivity contribution >= 4 is 5.69 Å². The first-order valence-corrected chi connectivity index (χ1v) is 6.30. The predicted octanol–water partition coefficient (Wildman–Crippen LogP) is 2.92. The second kappa shape index (κ2) is 4.44. The van der Waals surface area contributed by atoms with Gasteiger partial charge in [0.1, 0.15) is 5.82 Å². The lowest BCUT2D eigenvalue weighted by molar-refractivity contribution is 0.626. The van der Waals surface area contributed by atoms with Crippen LogP contribution < -0.4 is 4.90 Å². The number of anilines is 1. The van der Waals surface area contributed by atoms with Crippen LogP contribution in [0.4, 0.5) is 10.1 Å². The summed E-state index contributed by atoms with van der Waals surface area (Å²) in [6.45, 7) is 4.00. The van der Waals surface area contributed by atoms with E-state index >= 15 is 0 Å². The minimum Gasteiger partial charge on any atom is -0.370 e. The van der Waals surface area contributed by atoms with E-state index in [1.165, 1.54) is 18.9 Å². The van der Waals surface area contributed by atoms with Gasteiger partial charge in [0, 0.05) is 19.3 Å². The average molecular weight is 245 g/mol. The summed E-state index contributed by atoms with van der Waals surface area (Å²) in [5.41, 5.74) is 2.99. The van der Waals surface area contributed by atoms with Gasteiger partial charge in [0.15, 0.2) is 0 Å². The third kappa shape index (κ3) is 1.98. The molecule has 2 heterocycles. The fourth-order valence-corrected chi connectivity index (χ4v) is 2.45. The van der Waals surface area contributed by atoms with E-state index in [1.54, 1.807) is 12.1 Å². The lowest BCUT2D eigenvalue weighted by Gasteiger charge is -2.21. The van der Waals surface area contributed by atoms with Crippen LogP contribution in [0.15, 0.2) is 30.6 Å². The van der Waals surface area contributed by atoms with Crippen molar-refractivity contribution in [1.82, 2.24) is 9.78 Å². The number of benzene rings is 1. The third-order valence-corrected chi connectivity index (χ3v) is 3.34. The van der Waals surface area contributed by atoms with E-state index in [2.05, 4.69) is 10.00 Å². The maximum Gasteiger partial charge on any atom is 0.125 e. The van der Waals surface area contributed by atoms with Gasteiger partial charge in [-0.2, -0.15) is 5.10 Å². The summed E-state index contributed by atoms with van der Waals surface area (Å²) in [5.74, 6) is -0.190. The number of hydrogen-bond donors (Lipinski definition) is 0. The van der Waals surface area contributed by atoms with Crippen molar-refractivity contribution < 1.29 is 4.39 Å². The molecule has 0 saturated carbocycles. The van der Waals surface area contributed by atoms with E-state index in [0.717, 1.165) is 30.0 Å². The standard InChI is InChI=1S/C14H16FN3/c1-11-9-16-18(10-11)13-5-4-12(15)8-14(13)17-6-2-3-7-17/h4-5,8-10H,2-3,6-7H2,1H3. The quantitative estimate of drug-likeness (QED) is 0.811. The molecular weight excluding hydrogens is 229 g/mol. The van der Waals surface area contributed by atoms with Crippen LogP contribution in [-0.2, 0) is 0 Å². The molecule has 1 aliphatic heterocycles. The van der Waals surface area contributed by atoms with Gasteiger partial charge in [-0.15, -0.1) is 0 Å². The van der Waals surface area contributed by atoms with E-state index in [9.17, 15) is 4.39 Å². The van der Waals surface area contributed by atoms with Gasteiger partial charge in [-0.05, 0) is 43.5 Å². The van der Waals surface area contributed by atoms with Crippen molar-refractivity contribution in [3.63, 3.8) is 0 Å². The van der Waals surface area contributed by atoms with Gasteiger partial charge < -0.3 is 4.90 Å². The molecule has 0 unspecified atom stereocenters. The second-order valence-electron chi connectivity index (χ2n) is 4.79. The van der Waals surface area contributed by atoms with Gasteiger partial charge >= 0.3 is 0 Å². The fraction of sp³-hybridized carbons (Fsp3) is 0.357. The van der Waals surface area contributed by atoms with E-state index in [0.29, 0.717) is 0 Å². The Bertz CT molecular complexity index is 556. The molecule has 18 heavy (non-hydrogen) atoms. The summed E-state index contributed by atoms with van der Waals surface area (Å²) < 4.78 is 15.3. The van der Waals surface area contributed by atoms with Gasteiger partial charge in [-0.1, -0.05) is 0 Å². The molecule has 94 valence electrons. The van der Waals surface area contributed by atoms with Crippen molar-refractivity contribution in [2.45, 2.75) is 19.8 Å². The molecule has 3 rings (SSSR count). The molecule has 1 fully saturated rings. The highest BCUT2D eigenvalue weighted by molar-refractivity contribution is 5.63. The van der Waals surface area contributed by atoms with Crippen LogP contribution in [0, 0.1) is 12.7 Å². The molecule has 0 N–H and O–H groups in total. The molecule has 0 bridgehead atoms. The van der Waals surface area contributed by atoms with Gasteiger partial charge in [0.25, 0.3) is 0 Å². The van der Waals surface area contributed by atoms with E-state index in [-0.39, 0.29) is 5.82 Å². The zero-order valence-electron chi connectivity index (χ0n) is 10.4. The summed E-state index contributed by atoms with van der Waals surface area (Å²) in [4.78, 5) is 2.23. The van der Waals surface area contributed by atoms with Gasteiger partial charge in [0.05, 0.1) is 17.6 Å². The molecular formula is C14H16FN3. The first-order valence-electron chi connectivity index (χ1n) is 6.30. The van der Waals surface area contributed by atoms with E-state index in [4.69, 9.17) is 0 Å². The highest BCUT2D eigenvalue weighted by Crippen LogP contribution is 2.28. The molecule has 1 aliphatic rings. The van der Waals surface area contributed by atoms with Crippen molar-refractivity contribution in [3.8, 4) is 5.69 Å². The monoisotopic (exact) mass is 245 g/mol. The molecule has 1 aromatic carbocycles. The van der Waals surface area contributed by atoms with Crippen LogP contribution in [0.5, 0.6) is 0 Å². The minimum atomic E-state index is -0.190. The number of rotatable bonds is 2. The van der Waals surface area contributed by atoms with Crippen LogP contribution in [0.2, 0.25) is 0 Å². The molecule has 0 aliphatic carbocycles. The Kier molecular flexibility index (Phi) is 2.78. The Morgan fingerprint density at radius 2 is 1.94 bits per heavy atom. The van der Waals surface area contributed by atoms with Crippen molar-refractivity contribution in [2.24, 2.45) is 0 Å². The highest BCUT2D eigenvalue weighted by atomic mass is 19.1. The molecule has 4 heteroatoms. The van der Waals surface area contributed by atoms with Gasteiger partial charge in [-0.25, -0.2) is 9.07 Å². The van der Waals surface area contributed by atoms with Crippen LogP contribution in [-0.4, -0.2) is 22.9 Å². The molecule has 0 amide bonds. The van der Waals surface area contributed by atoms with E-state index < -0.39 is 0 Å². The largest absolute Gasteiger partial charge is 0.370 e. The SMILES string of the molecule is Cc1cnn(-c2ccc(F)cc2N2CCCC2)c1. The van der Waals surface area contributed by atoms with Gasteiger partial charge in [-0.3, -0.25) is 0 Å². The maximum atomic E-state index is 13.5. The minimum absolute atomic E-state index is 0.190. The molecule has 0 atom stereocenters. The lowest BCUT2D eigenvalue weighted by atomic mass is 10.2. The zero-order chi connectivity index (χ0) is 12.5. The summed E-state index contributed by atoms with van der Waals surface area (Å²) in [6.07, 6.45) is 6.13. The number of hydrogen-bond acceptors (Lipinski definition) is 2. The molecule has 1 saturated heterocycles.